The van der Waals surface area contributed by atoms with Crippen molar-refractivity contribution < 1.29 is 4.84 Å². The molecular formula is C11H14ClN3O. The maximum Gasteiger partial charge on any atom is 0.228 e. The number of benzene rings is 1. The molecule has 0 bridgehead atoms. The predicted molar refractivity (Wildman–Crippen MR) is 63.9 cm³/mol. The Morgan fingerprint density at radius 1 is 1.38 bits per heavy atom. The summed E-state index contributed by atoms with van der Waals surface area (Å²) in [6.45, 7) is 0. The van der Waals surface area contributed by atoms with Crippen LogP contribution in [0.15, 0.2) is 35.3 Å². The Hall–Kier alpha value is -1.10. The lowest BCUT2D eigenvalue weighted by Crippen LogP contribution is -2.36. The third kappa shape index (κ3) is 2.19. The van der Waals surface area contributed by atoms with Gasteiger partial charge in [0.2, 0.25) is 5.90 Å². The van der Waals surface area contributed by atoms with E-state index in [0.29, 0.717) is 5.90 Å². The van der Waals surface area contributed by atoms with E-state index in [2.05, 4.69) is 4.99 Å². The summed E-state index contributed by atoms with van der Waals surface area (Å²) < 4.78 is 0. The summed E-state index contributed by atoms with van der Waals surface area (Å²) in [6.07, 6.45) is -0.148. The molecule has 1 aliphatic heterocycles. The molecule has 0 saturated carbocycles. The summed E-state index contributed by atoms with van der Waals surface area (Å²) in [4.78, 5) is 9.94. The molecule has 0 spiro atoms. The molecule has 0 N–H and O–H groups in total. The Bertz CT molecular complexity index is 380. The molecule has 1 aromatic rings. The van der Waals surface area contributed by atoms with E-state index < -0.39 is 0 Å². The second-order valence-electron chi connectivity index (χ2n) is 3.68. The zero-order chi connectivity index (χ0) is 11.5. The van der Waals surface area contributed by atoms with Crippen LogP contribution >= 0.6 is 11.6 Å². The van der Waals surface area contributed by atoms with Gasteiger partial charge in [-0.25, -0.2) is 10.0 Å². The molecule has 0 radical (unpaired) electrons. The van der Waals surface area contributed by atoms with Crippen molar-refractivity contribution in [2.75, 3.05) is 20.0 Å². The molecule has 1 aliphatic rings. The summed E-state index contributed by atoms with van der Waals surface area (Å²) in [7, 11) is 3.81. The number of hydrogen-bond donors (Lipinski definition) is 0. The fourth-order valence-electron chi connectivity index (χ4n) is 1.55. The standard InChI is InChI=1S/C11H14ClN3O/c1-14(2)15-11(13-10(8-12)16-15)9-6-4-3-5-7-9/h3-7,11H,8H2,1-2H3. The van der Waals surface area contributed by atoms with Gasteiger partial charge in [0, 0.05) is 14.1 Å². The normalized spacial score (nSPS) is 21.0. The van der Waals surface area contributed by atoms with Gasteiger partial charge in [0.05, 0.1) is 0 Å². The lowest BCUT2D eigenvalue weighted by molar-refractivity contribution is -0.221. The van der Waals surface area contributed by atoms with Gasteiger partial charge in [-0.3, -0.25) is 0 Å². The van der Waals surface area contributed by atoms with E-state index in [1.807, 2.05) is 49.4 Å². The monoisotopic (exact) mass is 239 g/mol. The molecule has 0 amide bonds. The highest BCUT2D eigenvalue weighted by Gasteiger charge is 2.31. The van der Waals surface area contributed by atoms with Crippen LogP contribution in [0.5, 0.6) is 0 Å². The van der Waals surface area contributed by atoms with Gasteiger partial charge in [-0.1, -0.05) is 30.3 Å². The number of halogens is 1. The average Bonchev–Trinajstić information content (AvgIpc) is 2.74. The van der Waals surface area contributed by atoms with Crippen molar-refractivity contribution in [3.05, 3.63) is 35.9 Å². The number of nitrogens with zero attached hydrogens (tertiary/aromatic N) is 3. The fraction of sp³-hybridized carbons (Fsp3) is 0.364. The number of rotatable bonds is 3. The number of hydroxylamine groups is 1. The molecule has 1 aromatic carbocycles. The van der Waals surface area contributed by atoms with Gasteiger partial charge in [-0.05, 0) is 10.7 Å². The smallest absolute Gasteiger partial charge is 0.228 e. The molecule has 4 nitrogen and oxygen atoms in total. The number of hydrogen-bond acceptors (Lipinski definition) is 4. The highest BCUT2D eigenvalue weighted by Crippen LogP contribution is 2.28. The first-order valence-corrected chi connectivity index (χ1v) is 5.58. The third-order valence-corrected chi connectivity index (χ3v) is 2.51. The molecule has 1 atom stereocenters. The second-order valence-corrected chi connectivity index (χ2v) is 3.95. The minimum absolute atomic E-state index is 0.148. The first kappa shape index (κ1) is 11.4. The largest absolute Gasteiger partial charge is 0.372 e. The molecule has 0 fully saturated rings. The van der Waals surface area contributed by atoms with Gasteiger partial charge in [0.25, 0.3) is 0 Å². The number of alkyl halides is 1. The van der Waals surface area contributed by atoms with Crippen LogP contribution in [0.2, 0.25) is 0 Å². The van der Waals surface area contributed by atoms with E-state index in [4.69, 9.17) is 16.4 Å². The van der Waals surface area contributed by atoms with E-state index in [1.165, 1.54) is 0 Å². The first-order valence-electron chi connectivity index (χ1n) is 5.04. The molecule has 1 unspecified atom stereocenters. The summed E-state index contributed by atoms with van der Waals surface area (Å²) in [5.41, 5.74) is 1.08. The van der Waals surface area contributed by atoms with E-state index in [1.54, 1.807) is 5.17 Å². The van der Waals surface area contributed by atoms with Crippen LogP contribution in [0.4, 0.5) is 0 Å². The van der Waals surface area contributed by atoms with Crippen LogP contribution in [0.25, 0.3) is 0 Å². The molecule has 0 aliphatic carbocycles. The summed E-state index contributed by atoms with van der Waals surface area (Å²) in [5, 5.41) is 3.55. The number of hydrazine groups is 1. The van der Waals surface area contributed by atoms with Crippen molar-refractivity contribution in [3.63, 3.8) is 0 Å². The van der Waals surface area contributed by atoms with Crippen LogP contribution in [-0.2, 0) is 4.84 Å². The van der Waals surface area contributed by atoms with Crippen LogP contribution < -0.4 is 0 Å². The van der Waals surface area contributed by atoms with Gasteiger partial charge in [0.1, 0.15) is 5.88 Å². The van der Waals surface area contributed by atoms with Crippen LogP contribution in [0.3, 0.4) is 0 Å². The van der Waals surface area contributed by atoms with Crippen LogP contribution in [-0.4, -0.2) is 36.1 Å². The topological polar surface area (TPSA) is 28.1 Å². The highest BCUT2D eigenvalue weighted by atomic mass is 35.5. The molecule has 16 heavy (non-hydrogen) atoms. The molecular weight excluding hydrogens is 226 g/mol. The number of aliphatic imine (C=N–C) groups is 1. The van der Waals surface area contributed by atoms with Crippen molar-refractivity contribution in [2.24, 2.45) is 4.99 Å². The molecule has 1 heterocycles. The highest BCUT2D eigenvalue weighted by molar-refractivity contribution is 6.27. The Morgan fingerprint density at radius 2 is 2.06 bits per heavy atom. The quantitative estimate of drug-likeness (QED) is 0.756. The van der Waals surface area contributed by atoms with Gasteiger partial charge in [0.15, 0.2) is 6.17 Å². The SMILES string of the molecule is CN(C)N1OC(CCl)=NC1c1ccccc1. The summed E-state index contributed by atoms with van der Waals surface area (Å²) in [5.74, 6) is 0.831. The molecule has 2 rings (SSSR count). The van der Waals surface area contributed by atoms with Gasteiger partial charge in [-0.2, -0.15) is 0 Å². The molecule has 0 aromatic heterocycles. The zero-order valence-corrected chi connectivity index (χ0v) is 10.1. The van der Waals surface area contributed by atoms with Crippen LogP contribution in [0, 0.1) is 0 Å². The minimum Gasteiger partial charge on any atom is -0.372 e. The van der Waals surface area contributed by atoms with Crippen molar-refractivity contribution >= 4 is 17.5 Å². The van der Waals surface area contributed by atoms with Crippen molar-refractivity contribution in [3.8, 4) is 0 Å². The summed E-state index contributed by atoms with van der Waals surface area (Å²) in [6, 6.07) is 9.98. The van der Waals surface area contributed by atoms with Crippen LogP contribution in [0.1, 0.15) is 11.7 Å². The zero-order valence-electron chi connectivity index (χ0n) is 9.30. The fourth-order valence-corrected chi connectivity index (χ4v) is 1.67. The summed E-state index contributed by atoms with van der Waals surface area (Å²) >= 11 is 5.73. The predicted octanol–water partition coefficient (Wildman–Crippen LogP) is 2.05. The van der Waals surface area contributed by atoms with E-state index in [9.17, 15) is 0 Å². The third-order valence-electron chi connectivity index (χ3n) is 2.28. The molecule has 86 valence electrons. The van der Waals surface area contributed by atoms with Crippen molar-refractivity contribution in [2.45, 2.75) is 6.17 Å². The van der Waals surface area contributed by atoms with Gasteiger partial charge < -0.3 is 4.84 Å². The Kier molecular flexibility index (Phi) is 3.43. The second kappa shape index (κ2) is 4.82. The maximum absolute atomic E-state index is 5.73. The Balaban J connectivity index is 2.27. The van der Waals surface area contributed by atoms with E-state index >= 15 is 0 Å². The van der Waals surface area contributed by atoms with E-state index in [-0.39, 0.29) is 12.0 Å². The van der Waals surface area contributed by atoms with Gasteiger partial charge >= 0.3 is 0 Å². The van der Waals surface area contributed by atoms with E-state index in [0.717, 1.165) is 5.56 Å². The lowest BCUT2D eigenvalue weighted by atomic mass is 10.2. The van der Waals surface area contributed by atoms with Crippen molar-refractivity contribution in [1.29, 1.82) is 0 Å². The average molecular weight is 240 g/mol. The molecule has 0 saturated heterocycles. The Labute approximate surface area is 100 Å². The minimum atomic E-state index is -0.148. The first-order chi connectivity index (χ1) is 7.72. The maximum atomic E-state index is 5.73. The Morgan fingerprint density at radius 3 is 2.62 bits per heavy atom. The lowest BCUT2D eigenvalue weighted by Gasteiger charge is -2.26. The van der Waals surface area contributed by atoms with Gasteiger partial charge in [-0.15, -0.1) is 11.6 Å². The van der Waals surface area contributed by atoms with Crippen molar-refractivity contribution in [1.82, 2.24) is 10.2 Å². The molecule has 5 heteroatoms.